The molecule has 1 amide bonds. The lowest BCUT2D eigenvalue weighted by Crippen LogP contribution is -2.57. The molecule has 8 nitrogen and oxygen atoms in total. The SMILES string of the molecule is CCOC(=O)CC1(C[N+](=O)[O-])CCN(C(=O)OC(C)(C)C)C(C(C)(C)C)C1. The molecular formula is C19H34N2O6. The lowest BCUT2D eigenvalue weighted by atomic mass is 9.67. The smallest absolute Gasteiger partial charge is 0.410 e. The van der Waals surface area contributed by atoms with Crippen molar-refractivity contribution in [1.82, 2.24) is 4.90 Å². The first-order valence-corrected chi connectivity index (χ1v) is 9.46. The van der Waals surface area contributed by atoms with E-state index >= 15 is 0 Å². The zero-order valence-electron chi connectivity index (χ0n) is 17.7. The van der Waals surface area contributed by atoms with Gasteiger partial charge < -0.3 is 14.4 Å². The molecule has 156 valence electrons. The maximum Gasteiger partial charge on any atom is 0.410 e. The molecule has 0 aliphatic carbocycles. The lowest BCUT2D eigenvalue weighted by molar-refractivity contribution is -0.499. The number of piperidine rings is 1. The summed E-state index contributed by atoms with van der Waals surface area (Å²) in [6, 6.07) is -0.282. The first-order valence-electron chi connectivity index (χ1n) is 9.46. The fourth-order valence-corrected chi connectivity index (χ4v) is 3.60. The molecule has 0 aromatic heterocycles. The van der Waals surface area contributed by atoms with Crippen molar-refractivity contribution >= 4 is 12.1 Å². The summed E-state index contributed by atoms with van der Waals surface area (Å²) < 4.78 is 10.6. The minimum Gasteiger partial charge on any atom is -0.466 e. The molecule has 0 aromatic rings. The Labute approximate surface area is 161 Å². The van der Waals surface area contributed by atoms with E-state index in [-0.39, 0.29) is 36.0 Å². The predicted octanol–water partition coefficient (Wildman–Crippen LogP) is 3.65. The zero-order chi connectivity index (χ0) is 21.0. The van der Waals surface area contributed by atoms with E-state index < -0.39 is 23.1 Å². The molecule has 1 heterocycles. The third-order valence-electron chi connectivity index (χ3n) is 4.80. The van der Waals surface area contributed by atoms with Crippen LogP contribution < -0.4 is 0 Å². The minimum atomic E-state index is -0.827. The Hall–Kier alpha value is -1.86. The first kappa shape index (κ1) is 23.2. The predicted molar refractivity (Wildman–Crippen MR) is 101 cm³/mol. The van der Waals surface area contributed by atoms with Crippen molar-refractivity contribution in [1.29, 1.82) is 0 Å². The van der Waals surface area contributed by atoms with E-state index in [4.69, 9.17) is 9.47 Å². The van der Waals surface area contributed by atoms with E-state index in [1.54, 1.807) is 32.6 Å². The molecule has 1 aliphatic heterocycles. The molecule has 1 rings (SSSR count). The summed E-state index contributed by atoms with van der Waals surface area (Å²) in [6.45, 7) is 13.3. The Morgan fingerprint density at radius 3 is 2.26 bits per heavy atom. The Bertz CT molecular complexity index is 564. The Kier molecular flexibility index (Phi) is 7.24. The number of ether oxygens (including phenoxy) is 2. The summed E-state index contributed by atoms with van der Waals surface area (Å²) in [7, 11) is 0. The average Bonchev–Trinajstić information content (AvgIpc) is 2.43. The normalized spacial score (nSPS) is 23.7. The number of hydrogen-bond acceptors (Lipinski definition) is 6. The van der Waals surface area contributed by atoms with E-state index in [0.717, 1.165) is 0 Å². The van der Waals surface area contributed by atoms with Crippen LogP contribution in [0, 0.1) is 20.9 Å². The van der Waals surface area contributed by atoms with Crippen LogP contribution in [-0.2, 0) is 14.3 Å². The maximum absolute atomic E-state index is 12.7. The fraction of sp³-hybridized carbons (Fsp3) is 0.895. The first-order chi connectivity index (χ1) is 12.2. The van der Waals surface area contributed by atoms with Gasteiger partial charge in [-0.2, -0.15) is 0 Å². The number of hydrogen-bond donors (Lipinski definition) is 0. The van der Waals surface area contributed by atoms with Crippen molar-refractivity contribution in [2.75, 3.05) is 19.7 Å². The molecular weight excluding hydrogens is 352 g/mol. The van der Waals surface area contributed by atoms with Crippen LogP contribution in [0.15, 0.2) is 0 Å². The van der Waals surface area contributed by atoms with E-state index in [1.165, 1.54) is 0 Å². The van der Waals surface area contributed by atoms with Gasteiger partial charge in [0.25, 0.3) is 0 Å². The summed E-state index contributed by atoms with van der Waals surface area (Å²) in [5.74, 6) is -0.433. The maximum atomic E-state index is 12.7. The summed E-state index contributed by atoms with van der Waals surface area (Å²) in [5.41, 5.74) is -1.78. The van der Waals surface area contributed by atoms with Crippen LogP contribution in [0.1, 0.15) is 67.7 Å². The molecule has 1 saturated heterocycles. The molecule has 0 radical (unpaired) electrons. The molecule has 0 aromatic carbocycles. The fourth-order valence-electron chi connectivity index (χ4n) is 3.60. The van der Waals surface area contributed by atoms with Gasteiger partial charge in [-0.3, -0.25) is 14.9 Å². The molecule has 2 unspecified atom stereocenters. The summed E-state index contributed by atoms with van der Waals surface area (Å²) in [4.78, 5) is 37.4. The minimum absolute atomic E-state index is 0.0173. The van der Waals surface area contributed by atoms with Crippen LogP contribution in [0.5, 0.6) is 0 Å². The van der Waals surface area contributed by atoms with Crippen molar-refractivity contribution in [2.45, 2.75) is 79.4 Å². The molecule has 1 aliphatic rings. The van der Waals surface area contributed by atoms with Crippen molar-refractivity contribution in [3.05, 3.63) is 10.1 Å². The lowest BCUT2D eigenvalue weighted by Gasteiger charge is -2.49. The van der Waals surface area contributed by atoms with Crippen molar-refractivity contribution in [3.8, 4) is 0 Å². The number of nitrogens with zero attached hydrogens (tertiary/aromatic N) is 2. The van der Waals surface area contributed by atoms with Crippen molar-refractivity contribution < 1.29 is 24.0 Å². The van der Waals surface area contributed by atoms with E-state index in [9.17, 15) is 19.7 Å². The Morgan fingerprint density at radius 2 is 1.81 bits per heavy atom. The van der Waals surface area contributed by atoms with Crippen LogP contribution in [0.2, 0.25) is 0 Å². The van der Waals surface area contributed by atoms with Gasteiger partial charge in [0.2, 0.25) is 6.54 Å². The molecule has 27 heavy (non-hydrogen) atoms. The van der Waals surface area contributed by atoms with Crippen LogP contribution in [0.3, 0.4) is 0 Å². The van der Waals surface area contributed by atoms with Gasteiger partial charge in [-0.15, -0.1) is 0 Å². The van der Waals surface area contributed by atoms with Gasteiger partial charge in [0.05, 0.1) is 13.0 Å². The summed E-state index contributed by atoms with van der Waals surface area (Å²) >= 11 is 0. The summed E-state index contributed by atoms with van der Waals surface area (Å²) in [6.07, 6.45) is 0.276. The largest absolute Gasteiger partial charge is 0.466 e. The average molecular weight is 386 g/mol. The number of amides is 1. The van der Waals surface area contributed by atoms with E-state index in [2.05, 4.69) is 0 Å². The monoisotopic (exact) mass is 386 g/mol. The second kappa shape index (κ2) is 8.44. The highest BCUT2D eigenvalue weighted by Gasteiger charge is 2.50. The van der Waals surface area contributed by atoms with E-state index in [1.807, 2.05) is 20.8 Å². The highest BCUT2D eigenvalue weighted by molar-refractivity contribution is 5.71. The van der Waals surface area contributed by atoms with Crippen molar-refractivity contribution in [3.63, 3.8) is 0 Å². The van der Waals surface area contributed by atoms with Gasteiger partial charge in [-0.05, 0) is 46.0 Å². The van der Waals surface area contributed by atoms with Crippen LogP contribution in [0.4, 0.5) is 4.79 Å². The third-order valence-corrected chi connectivity index (χ3v) is 4.80. The number of nitro groups is 1. The Balaban J connectivity index is 3.14. The van der Waals surface area contributed by atoms with Crippen molar-refractivity contribution in [2.24, 2.45) is 10.8 Å². The second-order valence-corrected chi connectivity index (χ2v) is 9.48. The molecule has 8 heteroatoms. The number of likely N-dealkylation sites (tertiary alicyclic amines) is 1. The van der Waals surface area contributed by atoms with Crippen LogP contribution in [0.25, 0.3) is 0 Å². The topological polar surface area (TPSA) is 99.0 Å². The van der Waals surface area contributed by atoms with Gasteiger partial charge >= 0.3 is 12.1 Å². The zero-order valence-corrected chi connectivity index (χ0v) is 17.7. The molecule has 0 saturated carbocycles. The molecule has 0 bridgehead atoms. The van der Waals surface area contributed by atoms with Gasteiger partial charge in [0.15, 0.2) is 0 Å². The number of rotatable bonds is 5. The van der Waals surface area contributed by atoms with Crippen LogP contribution >= 0.6 is 0 Å². The van der Waals surface area contributed by atoms with Crippen LogP contribution in [-0.4, -0.2) is 53.2 Å². The highest BCUT2D eigenvalue weighted by atomic mass is 16.6. The quantitative estimate of drug-likeness (QED) is 0.406. The molecule has 0 N–H and O–H groups in total. The molecule has 0 spiro atoms. The third kappa shape index (κ3) is 6.99. The Morgan fingerprint density at radius 1 is 1.22 bits per heavy atom. The second-order valence-electron chi connectivity index (χ2n) is 9.48. The van der Waals surface area contributed by atoms with Gasteiger partial charge in [-0.1, -0.05) is 20.8 Å². The highest BCUT2D eigenvalue weighted by Crippen LogP contribution is 2.44. The van der Waals surface area contributed by atoms with Gasteiger partial charge in [0, 0.05) is 22.9 Å². The summed E-state index contributed by atoms with van der Waals surface area (Å²) in [5, 5.41) is 11.3. The number of carbonyl (C=O) groups excluding carboxylic acids is 2. The molecule has 1 fully saturated rings. The number of carbonyl (C=O) groups is 2. The van der Waals surface area contributed by atoms with Gasteiger partial charge in [0.1, 0.15) is 5.60 Å². The number of esters is 1. The van der Waals surface area contributed by atoms with E-state index in [0.29, 0.717) is 19.4 Å². The van der Waals surface area contributed by atoms with Gasteiger partial charge in [-0.25, -0.2) is 4.79 Å². The standard InChI is InChI=1S/C19H34N2O6/c1-8-26-15(22)12-19(13-21(24)25)9-10-20(14(11-19)17(2,3)4)16(23)27-18(5,6)7/h14H,8-13H2,1-7H3. The molecule has 2 atom stereocenters.